The molecule has 2 heterocycles. The first-order valence-electron chi connectivity index (χ1n) is 6.47. The molecule has 6 heteroatoms. The SMILES string of the molecule is CN1CNc2c(c(=O)[nH]c(=S)n2Cc2ccccc2)C1. The molecule has 5 nitrogen and oxygen atoms in total. The zero-order chi connectivity index (χ0) is 14.1. The molecule has 0 radical (unpaired) electrons. The molecule has 1 aromatic carbocycles. The number of rotatable bonds is 2. The van der Waals surface area contributed by atoms with Gasteiger partial charge in [-0.2, -0.15) is 0 Å². The van der Waals surface area contributed by atoms with Crippen molar-refractivity contribution in [3.05, 3.63) is 56.6 Å². The summed E-state index contributed by atoms with van der Waals surface area (Å²) < 4.78 is 2.41. The first kappa shape index (κ1) is 13.1. The van der Waals surface area contributed by atoms with Gasteiger partial charge in [-0.3, -0.25) is 14.7 Å². The monoisotopic (exact) mass is 288 g/mol. The topological polar surface area (TPSA) is 53.1 Å². The number of anilines is 1. The van der Waals surface area contributed by atoms with Crippen molar-refractivity contribution in [1.82, 2.24) is 14.5 Å². The minimum absolute atomic E-state index is 0.103. The third-order valence-electron chi connectivity index (χ3n) is 3.42. The molecule has 1 aliphatic heterocycles. The van der Waals surface area contributed by atoms with Gasteiger partial charge in [0.25, 0.3) is 5.56 Å². The summed E-state index contributed by atoms with van der Waals surface area (Å²) in [7, 11) is 1.97. The minimum atomic E-state index is -0.103. The van der Waals surface area contributed by atoms with Crippen LogP contribution in [-0.2, 0) is 13.1 Å². The minimum Gasteiger partial charge on any atom is -0.358 e. The molecule has 1 aliphatic rings. The summed E-state index contributed by atoms with van der Waals surface area (Å²) in [5, 5.41) is 3.29. The third-order valence-corrected chi connectivity index (χ3v) is 3.75. The number of benzene rings is 1. The fourth-order valence-electron chi connectivity index (χ4n) is 2.41. The van der Waals surface area contributed by atoms with E-state index in [-0.39, 0.29) is 5.56 Å². The fraction of sp³-hybridized carbons (Fsp3) is 0.286. The Morgan fingerprint density at radius 2 is 2.05 bits per heavy atom. The number of nitrogens with zero attached hydrogens (tertiary/aromatic N) is 2. The van der Waals surface area contributed by atoms with Crippen LogP contribution >= 0.6 is 12.2 Å². The molecule has 0 atom stereocenters. The largest absolute Gasteiger partial charge is 0.358 e. The van der Waals surface area contributed by atoms with Crippen LogP contribution in [0.2, 0.25) is 0 Å². The van der Waals surface area contributed by atoms with Crippen molar-refractivity contribution in [3.63, 3.8) is 0 Å². The van der Waals surface area contributed by atoms with Crippen LogP contribution in [0.3, 0.4) is 0 Å². The number of hydrogen-bond donors (Lipinski definition) is 2. The number of aromatic nitrogens is 2. The van der Waals surface area contributed by atoms with Gasteiger partial charge in [-0.25, -0.2) is 0 Å². The highest BCUT2D eigenvalue weighted by molar-refractivity contribution is 7.71. The molecule has 2 aromatic rings. The summed E-state index contributed by atoms with van der Waals surface area (Å²) >= 11 is 5.31. The van der Waals surface area contributed by atoms with Crippen LogP contribution in [0.25, 0.3) is 0 Å². The van der Waals surface area contributed by atoms with Crippen LogP contribution < -0.4 is 10.9 Å². The van der Waals surface area contributed by atoms with Crippen molar-refractivity contribution in [2.45, 2.75) is 13.1 Å². The van der Waals surface area contributed by atoms with E-state index in [0.29, 0.717) is 24.5 Å². The quantitative estimate of drug-likeness (QED) is 0.827. The van der Waals surface area contributed by atoms with E-state index >= 15 is 0 Å². The number of hydrogen-bond acceptors (Lipinski definition) is 4. The fourth-order valence-corrected chi connectivity index (χ4v) is 2.66. The second kappa shape index (κ2) is 5.22. The van der Waals surface area contributed by atoms with E-state index in [0.717, 1.165) is 16.9 Å². The van der Waals surface area contributed by atoms with Crippen molar-refractivity contribution >= 4 is 18.0 Å². The summed E-state index contributed by atoms with van der Waals surface area (Å²) in [4.78, 5) is 16.8. The summed E-state index contributed by atoms with van der Waals surface area (Å²) in [6.07, 6.45) is 0. The summed E-state index contributed by atoms with van der Waals surface area (Å²) in [6.45, 7) is 1.98. The second-order valence-electron chi connectivity index (χ2n) is 5.01. The lowest BCUT2D eigenvalue weighted by molar-refractivity contribution is 0.333. The average molecular weight is 288 g/mol. The van der Waals surface area contributed by atoms with E-state index in [1.807, 2.05) is 46.8 Å². The predicted octanol–water partition coefficient (Wildman–Crippen LogP) is 1.77. The highest BCUT2D eigenvalue weighted by Gasteiger charge is 2.19. The lowest BCUT2D eigenvalue weighted by Gasteiger charge is -2.28. The van der Waals surface area contributed by atoms with Crippen molar-refractivity contribution in [2.24, 2.45) is 0 Å². The molecule has 20 heavy (non-hydrogen) atoms. The Balaban J connectivity index is 2.09. The molecule has 0 amide bonds. The summed E-state index contributed by atoms with van der Waals surface area (Å²) in [5.41, 5.74) is 1.79. The van der Waals surface area contributed by atoms with Crippen molar-refractivity contribution in [3.8, 4) is 0 Å². The highest BCUT2D eigenvalue weighted by Crippen LogP contribution is 2.19. The lowest BCUT2D eigenvalue weighted by atomic mass is 10.2. The molecule has 0 fully saturated rings. The van der Waals surface area contributed by atoms with Crippen LogP contribution in [0.4, 0.5) is 5.82 Å². The standard InChI is InChI=1S/C14H16N4OS/c1-17-8-11-12(15-9-17)18(14(20)16-13(11)19)7-10-5-3-2-4-6-10/h2-6,15H,7-9H2,1H3,(H,16,19,20). The van der Waals surface area contributed by atoms with Crippen LogP contribution in [0.1, 0.15) is 11.1 Å². The molecule has 0 saturated carbocycles. The van der Waals surface area contributed by atoms with Crippen LogP contribution in [0.15, 0.2) is 35.1 Å². The van der Waals surface area contributed by atoms with Crippen LogP contribution in [0, 0.1) is 4.77 Å². The molecule has 0 aliphatic carbocycles. The average Bonchev–Trinajstić information content (AvgIpc) is 2.45. The smallest absolute Gasteiger partial charge is 0.258 e. The first-order valence-corrected chi connectivity index (χ1v) is 6.88. The van der Waals surface area contributed by atoms with Gasteiger partial charge in [0.05, 0.1) is 18.8 Å². The van der Waals surface area contributed by atoms with Gasteiger partial charge in [-0.15, -0.1) is 0 Å². The highest BCUT2D eigenvalue weighted by atomic mass is 32.1. The molecule has 3 rings (SSSR count). The molecule has 1 aromatic heterocycles. The van der Waals surface area contributed by atoms with Crippen LogP contribution in [0.5, 0.6) is 0 Å². The molecule has 0 saturated heterocycles. The summed E-state index contributed by atoms with van der Waals surface area (Å²) in [5.74, 6) is 0.834. The molecule has 104 valence electrons. The molecular weight excluding hydrogens is 272 g/mol. The Labute approximate surface area is 121 Å². The lowest BCUT2D eigenvalue weighted by Crippen LogP contribution is -2.37. The normalized spacial score (nSPS) is 14.7. The maximum atomic E-state index is 12.0. The Kier molecular flexibility index (Phi) is 3.42. The van der Waals surface area contributed by atoms with Crippen molar-refractivity contribution < 1.29 is 0 Å². The van der Waals surface area contributed by atoms with Gasteiger partial charge < -0.3 is 9.88 Å². The number of nitrogens with one attached hydrogen (secondary N) is 2. The van der Waals surface area contributed by atoms with Gasteiger partial charge in [0.15, 0.2) is 4.77 Å². The van der Waals surface area contributed by atoms with E-state index in [4.69, 9.17) is 12.2 Å². The molecule has 0 bridgehead atoms. The van der Waals surface area contributed by atoms with E-state index < -0.39 is 0 Å². The van der Waals surface area contributed by atoms with Gasteiger partial charge in [-0.05, 0) is 24.8 Å². The Morgan fingerprint density at radius 3 is 2.80 bits per heavy atom. The first-order chi connectivity index (χ1) is 9.65. The zero-order valence-electron chi connectivity index (χ0n) is 11.2. The third kappa shape index (κ3) is 2.39. The Hall–Kier alpha value is -1.92. The number of fused-ring (bicyclic) bond motifs is 1. The van der Waals surface area contributed by atoms with Crippen molar-refractivity contribution in [1.29, 1.82) is 0 Å². The zero-order valence-corrected chi connectivity index (χ0v) is 12.0. The van der Waals surface area contributed by atoms with E-state index in [9.17, 15) is 4.79 Å². The van der Waals surface area contributed by atoms with Gasteiger partial charge in [-0.1, -0.05) is 30.3 Å². The van der Waals surface area contributed by atoms with Gasteiger partial charge in [0.2, 0.25) is 0 Å². The number of H-pyrrole nitrogens is 1. The Bertz CT molecular complexity index is 735. The van der Waals surface area contributed by atoms with E-state index in [1.54, 1.807) is 0 Å². The molecule has 2 N–H and O–H groups in total. The van der Waals surface area contributed by atoms with Gasteiger partial charge >= 0.3 is 0 Å². The van der Waals surface area contributed by atoms with E-state index in [2.05, 4.69) is 10.3 Å². The van der Waals surface area contributed by atoms with Gasteiger partial charge in [0.1, 0.15) is 5.82 Å². The molecular formula is C14H16N4OS. The van der Waals surface area contributed by atoms with Gasteiger partial charge in [0, 0.05) is 6.54 Å². The molecule has 0 spiro atoms. The van der Waals surface area contributed by atoms with Crippen LogP contribution in [-0.4, -0.2) is 28.2 Å². The maximum Gasteiger partial charge on any atom is 0.258 e. The Morgan fingerprint density at radius 1 is 1.30 bits per heavy atom. The predicted molar refractivity (Wildman–Crippen MR) is 81.4 cm³/mol. The number of aromatic amines is 1. The van der Waals surface area contributed by atoms with Crippen molar-refractivity contribution in [2.75, 3.05) is 19.0 Å². The maximum absolute atomic E-state index is 12.0. The second-order valence-corrected chi connectivity index (χ2v) is 5.39. The van der Waals surface area contributed by atoms with E-state index in [1.165, 1.54) is 0 Å². The molecule has 0 unspecified atom stereocenters. The summed E-state index contributed by atoms with van der Waals surface area (Å²) in [6, 6.07) is 10.1.